The predicted octanol–water partition coefficient (Wildman–Crippen LogP) is 2.42. The van der Waals surface area contributed by atoms with Gasteiger partial charge in [0.2, 0.25) is 0 Å². The lowest BCUT2D eigenvalue weighted by atomic mass is 9.75. The molecule has 18 heavy (non-hydrogen) atoms. The van der Waals surface area contributed by atoms with Gasteiger partial charge in [0, 0.05) is 0 Å². The van der Waals surface area contributed by atoms with Gasteiger partial charge in [0.05, 0.1) is 16.6 Å². The number of hydrogen-bond acceptors (Lipinski definition) is 3. The predicted molar refractivity (Wildman–Crippen MR) is 66.6 cm³/mol. The van der Waals surface area contributed by atoms with E-state index in [9.17, 15) is 4.79 Å². The van der Waals surface area contributed by atoms with E-state index < -0.39 is 5.97 Å². The van der Waals surface area contributed by atoms with Crippen molar-refractivity contribution in [3.8, 4) is 0 Å². The molecule has 5 heteroatoms. The maximum atomic E-state index is 10.9. The Labute approximate surface area is 104 Å². The molecule has 94 valence electrons. The van der Waals surface area contributed by atoms with Crippen molar-refractivity contribution in [2.24, 2.45) is 0 Å². The van der Waals surface area contributed by atoms with Gasteiger partial charge in [-0.3, -0.25) is 0 Å². The Hall–Kier alpha value is -1.91. The third kappa shape index (κ3) is 1.43. The Morgan fingerprint density at radius 2 is 2.28 bits per heavy atom. The molecular formula is C13H15N3O2. The van der Waals surface area contributed by atoms with Crippen LogP contribution >= 0.6 is 0 Å². The van der Waals surface area contributed by atoms with E-state index in [1.54, 1.807) is 12.1 Å². The van der Waals surface area contributed by atoms with Crippen molar-refractivity contribution in [1.29, 1.82) is 0 Å². The Balaban J connectivity index is 2.13. The van der Waals surface area contributed by atoms with Crippen LogP contribution in [0.1, 0.15) is 43.0 Å². The quantitative estimate of drug-likeness (QED) is 0.901. The minimum Gasteiger partial charge on any atom is -0.478 e. The lowest BCUT2D eigenvalue weighted by Gasteiger charge is -2.41. The number of nitrogens with zero attached hydrogens (tertiary/aromatic N) is 3. The van der Waals surface area contributed by atoms with Gasteiger partial charge >= 0.3 is 5.97 Å². The Morgan fingerprint density at radius 1 is 1.50 bits per heavy atom. The second-order valence-corrected chi connectivity index (χ2v) is 4.94. The van der Waals surface area contributed by atoms with E-state index in [-0.39, 0.29) is 11.1 Å². The van der Waals surface area contributed by atoms with Gasteiger partial charge in [-0.05, 0) is 43.9 Å². The maximum Gasteiger partial charge on any atom is 0.335 e. The smallest absolute Gasteiger partial charge is 0.335 e. The first kappa shape index (κ1) is 11.2. The standard InChI is InChI=1S/C13H15N3O2/c1-2-13(6-3-7-13)16-11-5-4-9(12(17)18)8-10(11)14-15-16/h4-5,8H,2-3,6-7H2,1H3,(H,17,18). The maximum absolute atomic E-state index is 10.9. The van der Waals surface area contributed by atoms with Gasteiger partial charge < -0.3 is 5.11 Å². The summed E-state index contributed by atoms with van der Waals surface area (Å²) in [5.74, 6) is -0.930. The third-order valence-corrected chi connectivity index (χ3v) is 4.08. The summed E-state index contributed by atoms with van der Waals surface area (Å²) in [6, 6.07) is 5.02. The highest BCUT2D eigenvalue weighted by Crippen LogP contribution is 2.42. The average molecular weight is 245 g/mol. The molecule has 0 bridgehead atoms. The first-order valence-electron chi connectivity index (χ1n) is 6.25. The number of aromatic carboxylic acids is 1. The second-order valence-electron chi connectivity index (χ2n) is 4.94. The number of hydrogen-bond donors (Lipinski definition) is 1. The fourth-order valence-electron chi connectivity index (χ4n) is 2.71. The van der Waals surface area contributed by atoms with Crippen LogP contribution in [-0.4, -0.2) is 26.1 Å². The molecule has 0 atom stereocenters. The lowest BCUT2D eigenvalue weighted by molar-refractivity contribution is 0.0697. The van der Waals surface area contributed by atoms with E-state index in [1.165, 1.54) is 6.42 Å². The van der Waals surface area contributed by atoms with Crippen LogP contribution in [0.25, 0.3) is 11.0 Å². The summed E-state index contributed by atoms with van der Waals surface area (Å²) in [7, 11) is 0. The van der Waals surface area contributed by atoms with Gasteiger partial charge in [-0.1, -0.05) is 12.1 Å². The highest BCUT2D eigenvalue weighted by molar-refractivity contribution is 5.92. The monoisotopic (exact) mass is 245 g/mol. The first-order valence-corrected chi connectivity index (χ1v) is 6.25. The second kappa shape index (κ2) is 3.80. The minimum atomic E-state index is -0.930. The summed E-state index contributed by atoms with van der Waals surface area (Å²) in [5, 5.41) is 17.3. The molecule has 0 aliphatic heterocycles. The molecule has 3 rings (SSSR count). The van der Waals surface area contributed by atoms with E-state index in [0.717, 1.165) is 24.8 Å². The van der Waals surface area contributed by atoms with Gasteiger partial charge in [-0.15, -0.1) is 5.10 Å². The summed E-state index contributed by atoms with van der Waals surface area (Å²) in [6.45, 7) is 2.16. The highest BCUT2D eigenvalue weighted by Gasteiger charge is 2.39. The summed E-state index contributed by atoms with van der Waals surface area (Å²) < 4.78 is 1.98. The van der Waals surface area contributed by atoms with Crippen molar-refractivity contribution in [2.45, 2.75) is 38.1 Å². The zero-order valence-corrected chi connectivity index (χ0v) is 10.3. The normalized spacial score (nSPS) is 17.6. The van der Waals surface area contributed by atoms with E-state index >= 15 is 0 Å². The van der Waals surface area contributed by atoms with Crippen molar-refractivity contribution in [2.75, 3.05) is 0 Å². The van der Waals surface area contributed by atoms with Gasteiger partial charge in [0.1, 0.15) is 5.52 Å². The zero-order chi connectivity index (χ0) is 12.8. The van der Waals surface area contributed by atoms with Crippen molar-refractivity contribution in [1.82, 2.24) is 15.0 Å². The molecule has 0 unspecified atom stereocenters. The molecule has 0 amide bonds. The lowest BCUT2D eigenvalue weighted by Crippen LogP contribution is -2.40. The summed E-state index contributed by atoms with van der Waals surface area (Å²) in [4.78, 5) is 10.9. The van der Waals surface area contributed by atoms with Crippen LogP contribution in [0.3, 0.4) is 0 Å². The van der Waals surface area contributed by atoms with Crippen LogP contribution in [-0.2, 0) is 5.54 Å². The molecule has 1 aromatic carbocycles. The SMILES string of the molecule is CCC1(n2nnc3cc(C(=O)O)ccc32)CCC1. The molecular weight excluding hydrogens is 230 g/mol. The van der Waals surface area contributed by atoms with Crippen LogP contribution in [0.15, 0.2) is 18.2 Å². The topological polar surface area (TPSA) is 68.0 Å². The Morgan fingerprint density at radius 3 is 2.83 bits per heavy atom. The molecule has 1 fully saturated rings. The van der Waals surface area contributed by atoms with E-state index in [4.69, 9.17) is 5.11 Å². The van der Waals surface area contributed by atoms with Crippen molar-refractivity contribution in [3.63, 3.8) is 0 Å². The fourth-order valence-corrected chi connectivity index (χ4v) is 2.71. The summed E-state index contributed by atoms with van der Waals surface area (Å²) >= 11 is 0. The van der Waals surface area contributed by atoms with Crippen LogP contribution in [0.2, 0.25) is 0 Å². The minimum absolute atomic E-state index is 0.0967. The van der Waals surface area contributed by atoms with Gasteiger partial charge in [0.25, 0.3) is 0 Å². The molecule has 1 aliphatic carbocycles. The van der Waals surface area contributed by atoms with E-state index in [1.807, 2.05) is 10.7 Å². The van der Waals surface area contributed by atoms with Crippen molar-refractivity contribution in [3.05, 3.63) is 23.8 Å². The largest absolute Gasteiger partial charge is 0.478 e. The van der Waals surface area contributed by atoms with Crippen LogP contribution in [0, 0.1) is 0 Å². The number of carboxylic acid groups (broad SMARTS) is 1. The number of rotatable bonds is 3. The van der Waals surface area contributed by atoms with E-state index in [0.29, 0.717) is 5.52 Å². The van der Waals surface area contributed by atoms with Gasteiger partial charge in [-0.2, -0.15) is 0 Å². The first-order chi connectivity index (χ1) is 8.66. The molecule has 2 aromatic rings. The van der Waals surface area contributed by atoms with Crippen molar-refractivity contribution < 1.29 is 9.90 Å². The molecule has 0 radical (unpaired) electrons. The zero-order valence-electron chi connectivity index (χ0n) is 10.3. The van der Waals surface area contributed by atoms with Gasteiger partial charge in [0.15, 0.2) is 0 Å². The fraction of sp³-hybridized carbons (Fsp3) is 0.462. The van der Waals surface area contributed by atoms with Gasteiger partial charge in [-0.25, -0.2) is 9.48 Å². The van der Waals surface area contributed by atoms with Crippen LogP contribution in [0.5, 0.6) is 0 Å². The third-order valence-electron chi connectivity index (χ3n) is 4.08. The average Bonchev–Trinajstić information content (AvgIpc) is 2.72. The molecule has 1 aliphatic rings. The molecule has 1 saturated carbocycles. The molecule has 1 aromatic heterocycles. The highest BCUT2D eigenvalue weighted by atomic mass is 16.4. The van der Waals surface area contributed by atoms with E-state index in [2.05, 4.69) is 17.2 Å². The number of fused-ring (bicyclic) bond motifs is 1. The Bertz CT molecular complexity index is 608. The molecule has 0 spiro atoms. The van der Waals surface area contributed by atoms with Crippen LogP contribution < -0.4 is 0 Å². The summed E-state index contributed by atoms with van der Waals surface area (Å²) in [5.41, 5.74) is 1.95. The Kier molecular flexibility index (Phi) is 2.36. The molecule has 1 N–H and O–H groups in total. The molecule has 0 saturated heterocycles. The summed E-state index contributed by atoms with van der Waals surface area (Å²) in [6.07, 6.45) is 4.51. The molecule has 1 heterocycles. The number of benzene rings is 1. The number of aromatic nitrogens is 3. The van der Waals surface area contributed by atoms with Crippen molar-refractivity contribution >= 4 is 17.0 Å². The number of carbonyl (C=O) groups is 1. The van der Waals surface area contributed by atoms with Crippen LogP contribution in [0.4, 0.5) is 0 Å². The molecule has 5 nitrogen and oxygen atoms in total. The number of carboxylic acids is 1.